The topological polar surface area (TPSA) is 535 Å². The molecule has 34 nitrogen and oxygen atoms in total. The largest absolute Gasteiger partial charge is 0.490 e. The summed E-state index contributed by atoms with van der Waals surface area (Å²) >= 11 is 0. The van der Waals surface area contributed by atoms with E-state index in [0.29, 0.717) is 16.9 Å². The van der Waals surface area contributed by atoms with Crippen molar-refractivity contribution in [2.24, 2.45) is 10.8 Å². The van der Waals surface area contributed by atoms with Crippen LogP contribution in [-0.4, -0.2) is 118 Å². The van der Waals surface area contributed by atoms with Crippen molar-refractivity contribution in [2.45, 2.75) is 50.2 Å². The minimum Gasteiger partial charge on any atom is -0.397 e. The molecule has 376 valence electrons. The van der Waals surface area contributed by atoms with E-state index >= 15 is 0 Å². The van der Waals surface area contributed by atoms with Crippen molar-refractivity contribution >= 4 is 69.5 Å². The Labute approximate surface area is 380 Å². The first kappa shape index (κ1) is 55.4. The lowest BCUT2D eigenvalue weighted by atomic mass is 9.77. The van der Waals surface area contributed by atoms with E-state index < -0.39 is 107 Å². The average molecular weight is 1090 g/mol. The molecule has 40 heteroatoms. The molecule has 4 unspecified atom stereocenters. The summed E-state index contributed by atoms with van der Waals surface area (Å²) in [5, 5.41) is 49.4. The second-order valence-electron chi connectivity index (χ2n) is 14.4. The number of hydrogen-bond acceptors (Lipinski definition) is 24. The van der Waals surface area contributed by atoms with Gasteiger partial charge in [-0.3, -0.25) is 9.05 Å². The first-order chi connectivity index (χ1) is 31.1. The molecule has 0 aliphatic carbocycles. The van der Waals surface area contributed by atoms with Crippen molar-refractivity contribution < 1.29 is 117 Å². The van der Waals surface area contributed by atoms with Gasteiger partial charge in [-0.25, -0.2) is 41.4 Å². The van der Waals surface area contributed by atoms with Crippen molar-refractivity contribution in [1.29, 1.82) is 10.5 Å². The van der Waals surface area contributed by atoms with Crippen LogP contribution in [0.25, 0.3) is 11.2 Å². The Balaban J connectivity index is 0.000000255. The molecule has 2 fully saturated rings. The highest BCUT2D eigenvalue weighted by molar-refractivity contribution is 7.67. The molecular formula is C28H39N9O25P6. The van der Waals surface area contributed by atoms with Crippen LogP contribution in [0.3, 0.4) is 0 Å². The zero-order valence-electron chi connectivity index (χ0n) is 34.4. The molecule has 0 amide bonds. The van der Waals surface area contributed by atoms with Crippen LogP contribution < -0.4 is 11.5 Å². The predicted octanol–water partition coefficient (Wildman–Crippen LogP) is 0.334. The lowest BCUT2D eigenvalue weighted by Gasteiger charge is -2.36. The van der Waals surface area contributed by atoms with Gasteiger partial charge in [-0.05, 0) is 38.1 Å². The molecule has 14 N–H and O–H groups in total. The molecule has 2 saturated heterocycles. The van der Waals surface area contributed by atoms with Gasteiger partial charge in [-0.15, -0.1) is 0 Å². The van der Waals surface area contributed by atoms with Crippen LogP contribution in [0.1, 0.15) is 31.3 Å². The van der Waals surface area contributed by atoms with Crippen LogP contribution in [-0.2, 0) is 73.7 Å². The molecule has 68 heavy (non-hydrogen) atoms. The van der Waals surface area contributed by atoms with Crippen LogP contribution in [0, 0.1) is 33.5 Å². The predicted molar refractivity (Wildman–Crippen MR) is 217 cm³/mol. The molecule has 0 spiro atoms. The number of fused-ring (bicyclic) bond motifs is 2. The number of aliphatic hydroxyl groups is 2. The number of aliphatic hydroxyl groups excluding tert-OH is 2. The maximum Gasteiger partial charge on any atom is 0.490 e. The van der Waals surface area contributed by atoms with Crippen LogP contribution in [0.2, 0.25) is 0 Å². The number of phosphoric acid groups is 6. The molecule has 0 radical (unpaired) electrons. The van der Waals surface area contributed by atoms with Gasteiger partial charge in [0.2, 0.25) is 5.79 Å². The molecule has 2 aliphatic heterocycles. The number of nitriles is 2. The van der Waals surface area contributed by atoms with Gasteiger partial charge >= 0.3 is 46.9 Å². The molecule has 2 aliphatic rings. The van der Waals surface area contributed by atoms with E-state index in [4.69, 9.17) is 45.3 Å². The number of methoxy groups -OCH3 is 1. The second kappa shape index (κ2) is 19.6. The summed E-state index contributed by atoms with van der Waals surface area (Å²) in [5.74, 6) is -2.08. The minimum absolute atomic E-state index is 0.0197. The van der Waals surface area contributed by atoms with Crippen molar-refractivity contribution in [3.63, 3.8) is 0 Å². The highest BCUT2D eigenvalue weighted by atomic mass is 31.3. The molecule has 0 bridgehead atoms. The van der Waals surface area contributed by atoms with E-state index in [1.54, 1.807) is 18.2 Å². The quantitative estimate of drug-likeness (QED) is 0.0634. The summed E-state index contributed by atoms with van der Waals surface area (Å²) in [7, 11) is -32.4. The van der Waals surface area contributed by atoms with Gasteiger partial charge < -0.3 is 75.0 Å². The fourth-order valence-electron chi connectivity index (χ4n) is 6.82. The van der Waals surface area contributed by atoms with E-state index in [2.05, 4.69) is 41.5 Å². The number of nitrogen functional groups attached to an aromatic ring is 2. The smallest absolute Gasteiger partial charge is 0.397 e. The lowest BCUT2D eigenvalue weighted by molar-refractivity contribution is -0.258. The Bertz CT molecular complexity index is 2940. The summed E-state index contributed by atoms with van der Waals surface area (Å²) in [4.78, 5) is 76.2. The van der Waals surface area contributed by atoms with Crippen LogP contribution in [0.4, 0.5) is 11.4 Å². The van der Waals surface area contributed by atoms with Gasteiger partial charge in [0.1, 0.15) is 47.0 Å². The summed E-state index contributed by atoms with van der Waals surface area (Å²) in [6.45, 7) is 0.688. The highest BCUT2D eigenvalue weighted by Gasteiger charge is 2.67. The molecule has 6 heterocycles. The molecule has 0 saturated carbocycles. The molecular weight excluding hydrogens is 1050 g/mol. The minimum atomic E-state index is -5.76. The number of rotatable bonds is 17. The van der Waals surface area contributed by atoms with Gasteiger partial charge in [-0.1, -0.05) is 0 Å². The Morgan fingerprint density at radius 3 is 1.74 bits per heavy atom. The summed E-state index contributed by atoms with van der Waals surface area (Å²) in [6.07, 6.45) is -3.46. The van der Waals surface area contributed by atoms with Crippen molar-refractivity contribution in [2.75, 3.05) is 31.8 Å². The number of aromatic nitrogens is 5. The first-order valence-corrected chi connectivity index (χ1v) is 27.1. The van der Waals surface area contributed by atoms with Crippen molar-refractivity contribution in [3.8, 4) is 12.1 Å². The maximum atomic E-state index is 12.1. The van der Waals surface area contributed by atoms with E-state index in [1.165, 1.54) is 47.5 Å². The fraction of sp³-hybridized carbons (Fsp3) is 0.464. The van der Waals surface area contributed by atoms with Crippen molar-refractivity contribution in [1.82, 2.24) is 24.2 Å². The normalized spacial score (nSPS) is 30.0. The van der Waals surface area contributed by atoms with Gasteiger partial charge in [-0.2, -0.15) is 38.0 Å². The van der Waals surface area contributed by atoms with Crippen LogP contribution in [0.5, 0.6) is 0 Å². The number of hydrogen-bond donors (Lipinski definition) is 12. The Kier molecular flexibility index (Phi) is 16.0. The number of nitrogens with zero attached hydrogens (tertiary/aromatic N) is 7. The number of ether oxygens (including phenoxy) is 3. The third-order valence-corrected chi connectivity index (χ3v) is 17.4. The highest BCUT2D eigenvalue weighted by Crippen LogP contribution is 2.68. The van der Waals surface area contributed by atoms with E-state index in [1.807, 2.05) is 12.1 Å². The maximum absolute atomic E-state index is 12.1. The van der Waals surface area contributed by atoms with Crippen LogP contribution in [0.15, 0.2) is 42.9 Å². The molecule has 4 aromatic heterocycles. The third-order valence-electron chi connectivity index (χ3n) is 9.82. The molecule has 6 rings (SSSR count). The summed E-state index contributed by atoms with van der Waals surface area (Å²) in [6, 6.07) is 10.0. The first-order valence-electron chi connectivity index (χ1n) is 18.0. The number of phosphoric ester groups is 2. The summed E-state index contributed by atoms with van der Waals surface area (Å²) < 4.78 is 112. The standard InChI is InChI=1S/C14H20N5O13P3.C14H19N4O12P3/c1-13(7-15)11(20)9(6-29-34(24,25)32-35(26,27)31-33(21,22)23)30-14(13,28-2)10-5-17-12-8(16)3-4-18-19(10)12;1-14(7-15)12(19)11(6-27-32(23,24)30-33(25,26)29-31(20,21)22)28-13(14)10-3-2-9-8(16)4-5-17-18(9)10/h3-5,9,11,20H,6,16H2,1-2H3,(H,24,25)(H,26,27)(H2,21,22,23);2-5,11-13,19H,6,16H2,1H3,(H,23,24)(H,25,26)(H2,20,21,22)/t9-,11-,13-,14+;11-,12-,13+,14-/m11/s1. The monoisotopic (exact) mass is 1090 g/mol. The Morgan fingerprint density at radius 2 is 1.24 bits per heavy atom. The average Bonchev–Trinajstić information content (AvgIpc) is 3.94. The molecule has 0 aromatic carbocycles. The van der Waals surface area contributed by atoms with E-state index in [9.17, 15) is 67.7 Å². The SMILES string of the molecule is CO[C@@]1(c2cnc3c(N)ccnn23)O[C@H](COP(=O)(O)OP(=O)(O)OP(=O)(O)O)[C@@H](O)[C@@]1(C)C#N.C[C@@]1(C#N)[C@H](O)[C@@H](COP(=O)(O)OP(=O)(O)OP(=O)(O)O)O[C@H]1c1ccc2c(N)ccnn12. The van der Waals surface area contributed by atoms with Gasteiger partial charge in [0.05, 0.1) is 60.3 Å². The zero-order valence-corrected chi connectivity index (χ0v) is 39.8. The van der Waals surface area contributed by atoms with Crippen LogP contribution >= 0.6 is 46.9 Å². The summed E-state index contributed by atoms with van der Waals surface area (Å²) in [5.41, 5.74) is 9.91. The molecule has 12 atom stereocenters. The van der Waals surface area contributed by atoms with E-state index in [-0.39, 0.29) is 17.0 Å². The number of anilines is 2. The second-order valence-corrected chi connectivity index (χ2v) is 23.3. The zero-order chi connectivity index (χ0) is 51.3. The third kappa shape index (κ3) is 11.8. The Hall–Kier alpha value is -3.49. The van der Waals surface area contributed by atoms with Crippen molar-refractivity contribution in [3.05, 3.63) is 54.2 Å². The van der Waals surface area contributed by atoms with Gasteiger partial charge in [0.25, 0.3) is 0 Å². The fourth-order valence-corrected chi connectivity index (χ4v) is 12.9. The molecule has 4 aromatic rings. The van der Waals surface area contributed by atoms with Gasteiger partial charge in [0, 0.05) is 13.3 Å². The number of nitrogens with two attached hydrogens (primary N) is 2. The number of imidazole rings is 1. The lowest BCUT2D eigenvalue weighted by Crippen LogP contribution is -2.47. The Morgan fingerprint density at radius 1 is 0.721 bits per heavy atom. The van der Waals surface area contributed by atoms with E-state index in [0.717, 1.165) is 7.11 Å². The van der Waals surface area contributed by atoms with Gasteiger partial charge in [0.15, 0.2) is 5.65 Å².